The van der Waals surface area contributed by atoms with Gasteiger partial charge < -0.3 is 23.6 Å². The lowest BCUT2D eigenvalue weighted by Crippen LogP contribution is -2.28. The predicted octanol–water partition coefficient (Wildman–Crippen LogP) is 4.59. The minimum absolute atomic E-state index is 0.0346. The molecule has 0 saturated carbocycles. The maximum Gasteiger partial charge on any atom is 0.296 e. The fourth-order valence-electron chi connectivity index (χ4n) is 3.65. The van der Waals surface area contributed by atoms with E-state index >= 15 is 0 Å². The van der Waals surface area contributed by atoms with Crippen LogP contribution in [-0.2, 0) is 16.1 Å². The molecule has 1 atom stereocenters. The van der Waals surface area contributed by atoms with Gasteiger partial charge in [-0.3, -0.25) is 9.59 Å². The number of ketones is 1. The van der Waals surface area contributed by atoms with E-state index < -0.39 is 17.7 Å². The lowest BCUT2D eigenvalue weighted by molar-refractivity contribution is -0.140. The van der Waals surface area contributed by atoms with Crippen molar-refractivity contribution in [1.29, 1.82) is 0 Å². The molecule has 31 heavy (non-hydrogen) atoms. The molecule has 0 bridgehead atoms. The van der Waals surface area contributed by atoms with E-state index in [1.165, 1.54) is 11.2 Å². The van der Waals surface area contributed by atoms with Crippen LogP contribution in [0.2, 0.25) is 0 Å². The number of likely N-dealkylation sites (tertiary alicyclic amines) is 1. The summed E-state index contributed by atoms with van der Waals surface area (Å²) < 4.78 is 16.8. The molecule has 7 nitrogen and oxygen atoms in total. The Morgan fingerprint density at radius 2 is 1.97 bits per heavy atom. The summed E-state index contributed by atoms with van der Waals surface area (Å²) >= 11 is 0. The molecule has 0 radical (unpaired) electrons. The fraction of sp³-hybridized carbons (Fsp3) is 0.250. The molecular weight excluding hydrogens is 398 g/mol. The van der Waals surface area contributed by atoms with Gasteiger partial charge in [-0.15, -0.1) is 0 Å². The first-order valence-electron chi connectivity index (χ1n) is 9.99. The molecule has 0 spiro atoms. The van der Waals surface area contributed by atoms with Crippen LogP contribution in [0, 0.1) is 6.92 Å². The Kier molecular flexibility index (Phi) is 5.42. The Bertz CT molecular complexity index is 1140. The van der Waals surface area contributed by atoms with Crippen molar-refractivity contribution < 1.29 is 28.3 Å². The minimum Gasteiger partial charge on any atom is -0.507 e. The lowest BCUT2D eigenvalue weighted by Gasteiger charge is -2.22. The van der Waals surface area contributed by atoms with Gasteiger partial charge >= 0.3 is 0 Å². The van der Waals surface area contributed by atoms with Gasteiger partial charge in [0.2, 0.25) is 0 Å². The van der Waals surface area contributed by atoms with Crippen molar-refractivity contribution in [2.24, 2.45) is 0 Å². The standard InChI is InChI=1S/C24H23NO6/c1-14(2)30-17-7-4-6-16(12-17)22(26)20-21(19-10-9-15(3)31-19)25(24(28)23(20)27)13-18-8-5-11-29-18/h4-12,14,21,26H,13H2,1-3H3/b22-20-. The molecule has 1 amide bonds. The normalized spacial score (nSPS) is 18.2. The Labute approximate surface area is 179 Å². The lowest BCUT2D eigenvalue weighted by atomic mass is 9.99. The van der Waals surface area contributed by atoms with Crippen molar-refractivity contribution in [3.05, 3.63) is 83.2 Å². The molecule has 0 aliphatic carbocycles. The second-order valence-corrected chi connectivity index (χ2v) is 7.65. The van der Waals surface area contributed by atoms with Gasteiger partial charge in [-0.2, -0.15) is 0 Å². The molecule has 1 fully saturated rings. The molecule has 1 saturated heterocycles. The molecule has 4 rings (SSSR count). The maximum absolute atomic E-state index is 13.0. The molecule has 160 valence electrons. The van der Waals surface area contributed by atoms with Crippen molar-refractivity contribution in [2.75, 3.05) is 0 Å². The average molecular weight is 421 g/mol. The van der Waals surface area contributed by atoms with Gasteiger partial charge in [-0.25, -0.2) is 0 Å². The smallest absolute Gasteiger partial charge is 0.296 e. The second-order valence-electron chi connectivity index (χ2n) is 7.65. The zero-order valence-electron chi connectivity index (χ0n) is 17.5. The molecule has 1 aliphatic rings. The number of aliphatic hydroxyl groups excluding tert-OH is 1. The van der Waals surface area contributed by atoms with Gasteiger partial charge in [0.15, 0.2) is 0 Å². The van der Waals surface area contributed by atoms with E-state index in [4.69, 9.17) is 13.6 Å². The van der Waals surface area contributed by atoms with Gasteiger partial charge in [0, 0.05) is 5.56 Å². The molecule has 3 aromatic rings. The first kappa shape index (κ1) is 20.5. The van der Waals surface area contributed by atoms with E-state index in [0.29, 0.717) is 28.6 Å². The number of furan rings is 2. The first-order valence-corrected chi connectivity index (χ1v) is 9.99. The number of nitrogens with zero attached hydrogens (tertiary/aromatic N) is 1. The summed E-state index contributed by atoms with van der Waals surface area (Å²) in [6.45, 7) is 5.63. The highest BCUT2D eigenvalue weighted by Crippen LogP contribution is 2.41. The topological polar surface area (TPSA) is 93.1 Å². The number of carbonyl (C=O) groups excluding carboxylic acids is 2. The predicted molar refractivity (Wildman–Crippen MR) is 112 cm³/mol. The molecule has 1 unspecified atom stereocenters. The fourth-order valence-corrected chi connectivity index (χ4v) is 3.65. The number of hydrogen-bond donors (Lipinski definition) is 1. The van der Waals surface area contributed by atoms with Crippen LogP contribution in [0.15, 0.2) is 69.2 Å². The van der Waals surface area contributed by atoms with E-state index in [1.54, 1.807) is 55.5 Å². The van der Waals surface area contributed by atoms with Crippen LogP contribution < -0.4 is 4.74 Å². The number of ether oxygens (including phenoxy) is 1. The molecule has 1 N–H and O–H groups in total. The summed E-state index contributed by atoms with van der Waals surface area (Å²) in [7, 11) is 0. The Morgan fingerprint density at radius 1 is 1.16 bits per heavy atom. The van der Waals surface area contributed by atoms with Crippen LogP contribution >= 0.6 is 0 Å². The van der Waals surface area contributed by atoms with Crippen LogP contribution in [0.25, 0.3) is 5.76 Å². The summed E-state index contributed by atoms with van der Waals surface area (Å²) in [4.78, 5) is 27.3. The number of aryl methyl sites for hydroxylation is 1. The average Bonchev–Trinajstić information content (AvgIpc) is 3.45. The van der Waals surface area contributed by atoms with Crippen LogP contribution in [0.1, 0.15) is 42.7 Å². The molecule has 2 aromatic heterocycles. The van der Waals surface area contributed by atoms with Gasteiger partial charge in [0.05, 0.1) is 24.5 Å². The molecule has 1 aliphatic heterocycles. The number of benzene rings is 1. The Balaban J connectivity index is 1.82. The van der Waals surface area contributed by atoms with Gasteiger partial charge in [-0.05, 0) is 57.2 Å². The third kappa shape index (κ3) is 3.99. The Morgan fingerprint density at radius 3 is 2.61 bits per heavy atom. The summed E-state index contributed by atoms with van der Waals surface area (Å²) in [6.07, 6.45) is 1.44. The van der Waals surface area contributed by atoms with Gasteiger partial charge in [-0.1, -0.05) is 12.1 Å². The van der Waals surface area contributed by atoms with Crippen molar-refractivity contribution >= 4 is 17.4 Å². The van der Waals surface area contributed by atoms with Gasteiger partial charge in [0.25, 0.3) is 11.7 Å². The summed E-state index contributed by atoms with van der Waals surface area (Å²) in [5.41, 5.74) is 0.343. The van der Waals surface area contributed by atoms with E-state index in [9.17, 15) is 14.7 Å². The highest BCUT2D eigenvalue weighted by molar-refractivity contribution is 6.46. The third-order valence-corrected chi connectivity index (χ3v) is 4.96. The van der Waals surface area contributed by atoms with E-state index in [-0.39, 0.29) is 24.0 Å². The van der Waals surface area contributed by atoms with Crippen molar-refractivity contribution in [3.63, 3.8) is 0 Å². The zero-order chi connectivity index (χ0) is 22.1. The highest BCUT2D eigenvalue weighted by Gasteiger charge is 2.47. The number of aliphatic hydroxyl groups is 1. The SMILES string of the molecule is Cc1ccc(C2/C(=C(/O)c3cccc(OC(C)C)c3)C(=O)C(=O)N2Cc2ccco2)o1. The zero-order valence-corrected chi connectivity index (χ0v) is 17.5. The molecule has 3 heterocycles. The van der Waals surface area contributed by atoms with E-state index in [2.05, 4.69) is 0 Å². The summed E-state index contributed by atoms with van der Waals surface area (Å²) in [6, 6.07) is 12.8. The largest absolute Gasteiger partial charge is 0.507 e. The number of Topliss-reactive ketones (excluding diaryl/α,β-unsaturated/α-hetero) is 1. The van der Waals surface area contributed by atoms with Crippen LogP contribution in [0.5, 0.6) is 5.75 Å². The molecular formula is C24H23NO6. The number of hydrogen-bond acceptors (Lipinski definition) is 6. The van der Waals surface area contributed by atoms with Crippen molar-refractivity contribution in [1.82, 2.24) is 4.90 Å². The second kappa shape index (κ2) is 8.18. The number of rotatable bonds is 6. The summed E-state index contributed by atoms with van der Waals surface area (Å²) in [5.74, 6) is 0.292. The quantitative estimate of drug-likeness (QED) is 0.355. The van der Waals surface area contributed by atoms with Crippen LogP contribution in [0.4, 0.5) is 0 Å². The Hall–Kier alpha value is -3.74. The third-order valence-electron chi connectivity index (χ3n) is 4.96. The molecule has 1 aromatic carbocycles. The van der Waals surface area contributed by atoms with Crippen LogP contribution in [-0.4, -0.2) is 27.8 Å². The maximum atomic E-state index is 13.0. The van der Waals surface area contributed by atoms with Crippen molar-refractivity contribution in [3.8, 4) is 5.75 Å². The minimum atomic E-state index is -0.881. The summed E-state index contributed by atoms with van der Waals surface area (Å²) in [5, 5.41) is 11.1. The number of carbonyl (C=O) groups is 2. The molecule has 7 heteroatoms. The van der Waals surface area contributed by atoms with Gasteiger partial charge in [0.1, 0.15) is 34.8 Å². The van der Waals surface area contributed by atoms with E-state index in [1.807, 2.05) is 13.8 Å². The number of amides is 1. The van der Waals surface area contributed by atoms with Crippen LogP contribution in [0.3, 0.4) is 0 Å². The van der Waals surface area contributed by atoms with Crippen molar-refractivity contribution in [2.45, 2.75) is 39.5 Å². The monoisotopic (exact) mass is 421 g/mol. The first-order chi connectivity index (χ1) is 14.8. The van der Waals surface area contributed by atoms with E-state index in [0.717, 1.165) is 0 Å². The highest BCUT2D eigenvalue weighted by atomic mass is 16.5.